The van der Waals surface area contributed by atoms with Gasteiger partial charge in [-0.25, -0.2) is 0 Å². The summed E-state index contributed by atoms with van der Waals surface area (Å²) in [5.74, 6) is -0.0287. The Morgan fingerprint density at radius 2 is 2.14 bits per heavy atom. The molecule has 0 aliphatic carbocycles. The number of morpholine rings is 1. The molecule has 0 saturated carbocycles. The fourth-order valence-corrected chi connectivity index (χ4v) is 1.48. The summed E-state index contributed by atoms with van der Waals surface area (Å²) in [5, 5.41) is 0. The van der Waals surface area contributed by atoms with Crippen LogP contribution in [0.3, 0.4) is 0 Å². The normalized spacial score (nSPS) is 27.1. The lowest BCUT2D eigenvalue weighted by Gasteiger charge is -2.35. The summed E-state index contributed by atoms with van der Waals surface area (Å²) < 4.78 is 5.44. The van der Waals surface area contributed by atoms with E-state index in [-0.39, 0.29) is 18.1 Å². The van der Waals surface area contributed by atoms with Crippen molar-refractivity contribution in [3.05, 3.63) is 0 Å². The minimum atomic E-state index is -0.443. The summed E-state index contributed by atoms with van der Waals surface area (Å²) in [6, 6.07) is -0.500. The molecule has 1 amide bonds. The van der Waals surface area contributed by atoms with Gasteiger partial charge in [-0.3, -0.25) is 4.79 Å². The van der Waals surface area contributed by atoms with Crippen LogP contribution in [0, 0.1) is 0 Å². The molecule has 1 heterocycles. The molecule has 1 saturated heterocycles. The van der Waals surface area contributed by atoms with Gasteiger partial charge in [0.15, 0.2) is 0 Å². The van der Waals surface area contributed by atoms with E-state index in [4.69, 9.17) is 16.2 Å². The number of rotatable bonds is 2. The van der Waals surface area contributed by atoms with E-state index in [0.29, 0.717) is 19.7 Å². The second kappa shape index (κ2) is 4.72. The lowest BCUT2D eigenvalue weighted by atomic mass is 10.1. The molecule has 3 unspecified atom stereocenters. The third-order valence-electron chi connectivity index (χ3n) is 2.38. The van der Waals surface area contributed by atoms with Crippen LogP contribution < -0.4 is 11.5 Å². The summed E-state index contributed by atoms with van der Waals surface area (Å²) in [4.78, 5) is 13.3. The number of amides is 1. The fourth-order valence-electron chi connectivity index (χ4n) is 1.48. The number of ether oxygens (including phenoxy) is 1. The average molecular weight is 201 g/mol. The van der Waals surface area contributed by atoms with Crippen LogP contribution in [0.4, 0.5) is 0 Å². The van der Waals surface area contributed by atoms with Crippen molar-refractivity contribution in [3.8, 4) is 0 Å². The molecule has 5 nitrogen and oxygen atoms in total. The van der Waals surface area contributed by atoms with E-state index in [9.17, 15) is 4.79 Å². The van der Waals surface area contributed by atoms with Gasteiger partial charge in [0.05, 0.1) is 18.8 Å². The molecule has 3 atom stereocenters. The molecule has 0 radical (unpaired) electrons. The maximum Gasteiger partial charge on any atom is 0.239 e. The van der Waals surface area contributed by atoms with Crippen LogP contribution in [0.2, 0.25) is 0 Å². The van der Waals surface area contributed by atoms with Crippen molar-refractivity contribution < 1.29 is 9.53 Å². The van der Waals surface area contributed by atoms with Gasteiger partial charge in [-0.15, -0.1) is 0 Å². The Kier molecular flexibility index (Phi) is 3.86. The number of carbonyl (C=O) groups excluding carboxylic acids is 1. The van der Waals surface area contributed by atoms with Gasteiger partial charge in [-0.1, -0.05) is 0 Å². The highest BCUT2D eigenvalue weighted by atomic mass is 16.5. The Morgan fingerprint density at radius 3 is 2.64 bits per heavy atom. The predicted octanol–water partition coefficient (Wildman–Crippen LogP) is -1.09. The third kappa shape index (κ3) is 2.67. The minimum Gasteiger partial charge on any atom is -0.373 e. The van der Waals surface area contributed by atoms with Crippen LogP contribution in [0.1, 0.15) is 13.8 Å². The summed E-state index contributed by atoms with van der Waals surface area (Å²) in [6.07, 6.45) is -0.0635. The first-order valence-electron chi connectivity index (χ1n) is 4.94. The van der Waals surface area contributed by atoms with Gasteiger partial charge in [0.2, 0.25) is 5.91 Å². The largest absolute Gasteiger partial charge is 0.373 e. The second-order valence-corrected chi connectivity index (χ2v) is 3.84. The van der Waals surface area contributed by atoms with Crippen LogP contribution in [-0.4, -0.2) is 48.7 Å². The Bertz CT molecular complexity index is 206. The van der Waals surface area contributed by atoms with Gasteiger partial charge < -0.3 is 21.1 Å². The van der Waals surface area contributed by atoms with Crippen LogP contribution in [0.25, 0.3) is 0 Å². The number of nitrogens with zero attached hydrogens (tertiary/aromatic N) is 1. The van der Waals surface area contributed by atoms with E-state index in [2.05, 4.69) is 0 Å². The van der Waals surface area contributed by atoms with Crippen LogP contribution >= 0.6 is 0 Å². The first-order chi connectivity index (χ1) is 6.52. The molecule has 82 valence electrons. The number of hydrogen-bond acceptors (Lipinski definition) is 4. The SMILES string of the molecule is CC(N)C(=O)N1CCOC(C(C)N)C1. The standard InChI is InChI=1S/C9H19N3O2/c1-6(10)8-5-12(3-4-14-8)9(13)7(2)11/h6-8H,3-5,10-11H2,1-2H3. The van der Waals surface area contributed by atoms with Crippen molar-refractivity contribution in [1.82, 2.24) is 4.90 Å². The summed E-state index contributed by atoms with van der Waals surface area (Å²) in [6.45, 7) is 5.29. The molecule has 1 aliphatic rings. The van der Waals surface area contributed by atoms with Gasteiger partial charge in [0, 0.05) is 19.1 Å². The van der Waals surface area contributed by atoms with Crippen molar-refractivity contribution in [3.63, 3.8) is 0 Å². The third-order valence-corrected chi connectivity index (χ3v) is 2.38. The smallest absolute Gasteiger partial charge is 0.239 e. The lowest BCUT2D eigenvalue weighted by Crippen LogP contribution is -2.54. The average Bonchev–Trinajstić information content (AvgIpc) is 2.16. The van der Waals surface area contributed by atoms with Crippen molar-refractivity contribution in [2.75, 3.05) is 19.7 Å². The Labute approximate surface area is 84.4 Å². The van der Waals surface area contributed by atoms with Gasteiger partial charge in [0.25, 0.3) is 0 Å². The summed E-state index contributed by atoms with van der Waals surface area (Å²) >= 11 is 0. The highest BCUT2D eigenvalue weighted by molar-refractivity contribution is 5.81. The molecule has 0 spiro atoms. The molecule has 1 fully saturated rings. The zero-order chi connectivity index (χ0) is 10.7. The first-order valence-corrected chi connectivity index (χ1v) is 4.94. The molecule has 1 rings (SSSR count). The Balaban J connectivity index is 2.51. The summed E-state index contributed by atoms with van der Waals surface area (Å²) in [5.41, 5.74) is 11.2. The highest BCUT2D eigenvalue weighted by Gasteiger charge is 2.27. The molecule has 0 aromatic heterocycles. The highest BCUT2D eigenvalue weighted by Crippen LogP contribution is 2.08. The topological polar surface area (TPSA) is 81.6 Å². The van der Waals surface area contributed by atoms with Crippen molar-refractivity contribution in [2.45, 2.75) is 32.0 Å². The zero-order valence-electron chi connectivity index (χ0n) is 8.77. The van der Waals surface area contributed by atoms with E-state index in [1.54, 1.807) is 11.8 Å². The summed E-state index contributed by atoms with van der Waals surface area (Å²) in [7, 11) is 0. The van der Waals surface area contributed by atoms with Crippen LogP contribution in [0.5, 0.6) is 0 Å². The van der Waals surface area contributed by atoms with Crippen molar-refractivity contribution in [2.24, 2.45) is 11.5 Å². The van der Waals surface area contributed by atoms with E-state index >= 15 is 0 Å². The first kappa shape index (κ1) is 11.4. The quantitative estimate of drug-likeness (QED) is 0.594. The fraction of sp³-hybridized carbons (Fsp3) is 0.889. The molecular weight excluding hydrogens is 182 g/mol. The van der Waals surface area contributed by atoms with E-state index < -0.39 is 6.04 Å². The molecule has 0 bridgehead atoms. The van der Waals surface area contributed by atoms with Crippen molar-refractivity contribution in [1.29, 1.82) is 0 Å². The number of carbonyl (C=O) groups is 1. The molecule has 0 aromatic carbocycles. The van der Waals surface area contributed by atoms with E-state index in [1.165, 1.54) is 0 Å². The van der Waals surface area contributed by atoms with Crippen LogP contribution in [-0.2, 0) is 9.53 Å². The maximum atomic E-state index is 11.6. The Morgan fingerprint density at radius 1 is 1.50 bits per heavy atom. The Hall–Kier alpha value is -0.650. The van der Waals surface area contributed by atoms with Crippen molar-refractivity contribution >= 4 is 5.91 Å². The molecule has 0 aromatic rings. The van der Waals surface area contributed by atoms with Gasteiger partial charge in [0.1, 0.15) is 0 Å². The van der Waals surface area contributed by atoms with Gasteiger partial charge >= 0.3 is 0 Å². The van der Waals surface area contributed by atoms with Gasteiger partial charge in [-0.05, 0) is 13.8 Å². The van der Waals surface area contributed by atoms with Crippen LogP contribution in [0.15, 0.2) is 0 Å². The number of hydrogen-bond donors (Lipinski definition) is 2. The molecule has 5 heteroatoms. The predicted molar refractivity (Wildman–Crippen MR) is 53.6 cm³/mol. The molecular formula is C9H19N3O2. The molecule has 14 heavy (non-hydrogen) atoms. The monoisotopic (exact) mass is 201 g/mol. The minimum absolute atomic E-state index is 0.0287. The van der Waals surface area contributed by atoms with Gasteiger partial charge in [-0.2, -0.15) is 0 Å². The zero-order valence-corrected chi connectivity index (χ0v) is 8.77. The van der Waals surface area contributed by atoms with E-state index in [1.807, 2.05) is 6.92 Å². The maximum absolute atomic E-state index is 11.6. The molecule has 1 aliphatic heterocycles. The van der Waals surface area contributed by atoms with E-state index in [0.717, 1.165) is 0 Å². The number of nitrogens with two attached hydrogens (primary N) is 2. The second-order valence-electron chi connectivity index (χ2n) is 3.84. The molecule has 4 N–H and O–H groups in total. The lowest BCUT2D eigenvalue weighted by molar-refractivity contribution is -0.140.